The van der Waals surface area contributed by atoms with Crippen molar-refractivity contribution in [1.29, 1.82) is 0 Å². The van der Waals surface area contributed by atoms with Crippen LogP contribution in [0, 0.1) is 5.41 Å². The monoisotopic (exact) mass is 185 g/mol. The molecule has 0 radical (unpaired) electrons. The third-order valence-electron chi connectivity index (χ3n) is 2.75. The second-order valence-corrected chi connectivity index (χ2v) is 5.56. The first-order chi connectivity index (χ1) is 5.97. The number of piperidine rings is 1. The molecule has 0 spiro atoms. The molecule has 1 unspecified atom stereocenters. The Hall–Kier alpha value is -0.0800. The van der Waals surface area contributed by atoms with Crippen LogP contribution in [-0.2, 0) is 0 Å². The van der Waals surface area contributed by atoms with Gasteiger partial charge in [-0.25, -0.2) is 0 Å². The van der Waals surface area contributed by atoms with E-state index in [0.717, 1.165) is 19.4 Å². The number of nitrogens with one attached hydrogen (secondary N) is 1. The van der Waals surface area contributed by atoms with E-state index in [1.807, 2.05) is 0 Å². The van der Waals surface area contributed by atoms with E-state index in [1.54, 1.807) is 0 Å². The summed E-state index contributed by atoms with van der Waals surface area (Å²) in [6.45, 7) is 8.06. The van der Waals surface area contributed by atoms with E-state index in [2.05, 4.69) is 26.1 Å². The van der Waals surface area contributed by atoms with Gasteiger partial charge < -0.3 is 10.4 Å². The number of hydrogen-bond acceptors (Lipinski definition) is 2. The molecule has 0 aromatic heterocycles. The lowest BCUT2D eigenvalue weighted by molar-refractivity contribution is 0.0901. The highest BCUT2D eigenvalue weighted by molar-refractivity contribution is 4.93. The quantitative estimate of drug-likeness (QED) is 0.689. The van der Waals surface area contributed by atoms with E-state index in [9.17, 15) is 5.11 Å². The maximum absolute atomic E-state index is 9.44. The van der Waals surface area contributed by atoms with E-state index in [4.69, 9.17) is 0 Å². The van der Waals surface area contributed by atoms with Crippen molar-refractivity contribution in [2.75, 3.05) is 13.2 Å². The largest absolute Gasteiger partial charge is 0.394 e. The first-order valence-corrected chi connectivity index (χ1v) is 5.33. The summed E-state index contributed by atoms with van der Waals surface area (Å²) < 4.78 is 0. The fraction of sp³-hybridized carbons (Fsp3) is 1.00. The average Bonchev–Trinajstić information content (AvgIpc) is 2.03. The van der Waals surface area contributed by atoms with E-state index in [0.29, 0.717) is 5.41 Å². The molecule has 0 aliphatic carbocycles. The smallest absolute Gasteiger partial charge is 0.0613 e. The van der Waals surface area contributed by atoms with Gasteiger partial charge in [0.25, 0.3) is 0 Å². The topological polar surface area (TPSA) is 32.3 Å². The summed E-state index contributed by atoms with van der Waals surface area (Å²) in [6, 6.07) is 0. The van der Waals surface area contributed by atoms with E-state index >= 15 is 0 Å². The molecular formula is C11H23NO. The van der Waals surface area contributed by atoms with Crippen LogP contribution in [0.25, 0.3) is 0 Å². The van der Waals surface area contributed by atoms with Gasteiger partial charge in [0.15, 0.2) is 0 Å². The Morgan fingerprint density at radius 3 is 2.38 bits per heavy atom. The minimum absolute atomic E-state index is 0.0104. The van der Waals surface area contributed by atoms with Gasteiger partial charge in [-0.05, 0) is 31.2 Å². The van der Waals surface area contributed by atoms with Crippen molar-refractivity contribution in [2.45, 2.75) is 52.0 Å². The molecule has 2 heteroatoms. The summed E-state index contributed by atoms with van der Waals surface area (Å²) in [4.78, 5) is 0. The average molecular weight is 185 g/mol. The fourth-order valence-corrected chi connectivity index (χ4v) is 2.39. The Balaban J connectivity index is 2.57. The molecule has 1 heterocycles. The van der Waals surface area contributed by atoms with Crippen molar-refractivity contribution in [3.05, 3.63) is 0 Å². The summed E-state index contributed by atoms with van der Waals surface area (Å²) in [5.74, 6) is 0. The number of aliphatic hydroxyl groups is 1. The number of aliphatic hydroxyl groups excluding tert-OH is 1. The van der Waals surface area contributed by atoms with Crippen molar-refractivity contribution in [3.8, 4) is 0 Å². The predicted molar refractivity (Wildman–Crippen MR) is 55.7 cm³/mol. The zero-order valence-corrected chi connectivity index (χ0v) is 9.19. The summed E-state index contributed by atoms with van der Waals surface area (Å²) in [5.41, 5.74) is 0.309. The molecule has 2 nitrogen and oxygen atoms in total. The van der Waals surface area contributed by atoms with Crippen LogP contribution in [0.2, 0.25) is 0 Å². The minimum Gasteiger partial charge on any atom is -0.394 e. The molecule has 13 heavy (non-hydrogen) atoms. The highest BCUT2D eigenvalue weighted by Crippen LogP contribution is 2.32. The van der Waals surface area contributed by atoms with Crippen molar-refractivity contribution in [1.82, 2.24) is 5.32 Å². The van der Waals surface area contributed by atoms with Crippen LogP contribution in [0.3, 0.4) is 0 Å². The standard InChI is InChI=1S/C11H23NO/c1-10(2,3)8-11(9-13)6-4-5-7-12-11/h12-13H,4-9H2,1-3H3. The normalized spacial score (nSPS) is 30.5. The Bertz CT molecular complexity index is 154. The second-order valence-electron chi connectivity index (χ2n) is 5.56. The number of hydrogen-bond donors (Lipinski definition) is 2. The second kappa shape index (κ2) is 3.97. The lowest BCUT2D eigenvalue weighted by Gasteiger charge is -2.41. The zero-order chi connectivity index (χ0) is 9.95. The van der Waals surface area contributed by atoms with Crippen LogP contribution in [0.5, 0.6) is 0 Å². The van der Waals surface area contributed by atoms with Crippen molar-refractivity contribution >= 4 is 0 Å². The Kier molecular flexibility index (Phi) is 3.36. The Labute approximate surface area is 81.7 Å². The van der Waals surface area contributed by atoms with Crippen LogP contribution in [0.15, 0.2) is 0 Å². The summed E-state index contributed by atoms with van der Waals surface area (Å²) in [7, 11) is 0. The zero-order valence-electron chi connectivity index (χ0n) is 9.19. The van der Waals surface area contributed by atoms with Crippen LogP contribution >= 0.6 is 0 Å². The summed E-state index contributed by atoms with van der Waals surface area (Å²) >= 11 is 0. The Morgan fingerprint density at radius 2 is 2.00 bits per heavy atom. The van der Waals surface area contributed by atoms with Crippen molar-refractivity contribution in [3.63, 3.8) is 0 Å². The lowest BCUT2D eigenvalue weighted by atomic mass is 9.76. The van der Waals surface area contributed by atoms with Gasteiger partial charge in [-0.3, -0.25) is 0 Å². The lowest BCUT2D eigenvalue weighted by Crippen LogP contribution is -2.53. The van der Waals surface area contributed by atoms with Gasteiger partial charge in [0.05, 0.1) is 6.61 Å². The highest BCUT2D eigenvalue weighted by Gasteiger charge is 2.34. The summed E-state index contributed by atoms with van der Waals surface area (Å²) in [5, 5.41) is 12.9. The molecule has 1 aliphatic heterocycles. The first kappa shape index (κ1) is 11.0. The van der Waals surface area contributed by atoms with Crippen LogP contribution in [0.1, 0.15) is 46.5 Å². The fourth-order valence-electron chi connectivity index (χ4n) is 2.39. The van der Waals surface area contributed by atoms with Crippen LogP contribution < -0.4 is 5.32 Å². The first-order valence-electron chi connectivity index (χ1n) is 5.33. The van der Waals surface area contributed by atoms with Crippen molar-refractivity contribution < 1.29 is 5.11 Å². The van der Waals surface area contributed by atoms with Gasteiger partial charge in [0.2, 0.25) is 0 Å². The van der Waals surface area contributed by atoms with E-state index in [-0.39, 0.29) is 12.1 Å². The van der Waals surface area contributed by atoms with Gasteiger partial charge in [-0.15, -0.1) is 0 Å². The molecule has 0 saturated carbocycles. The molecule has 0 aromatic rings. The third-order valence-corrected chi connectivity index (χ3v) is 2.75. The molecule has 2 N–H and O–H groups in total. The SMILES string of the molecule is CC(C)(C)CC1(CO)CCCCN1. The molecule has 78 valence electrons. The highest BCUT2D eigenvalue weighted by atomic mass is 16.3. The minimum atomic E-state index is 0.0104. The third kappa shape index (κ3) is 3.28. The van der Waals surface area contributed by atoms with E-state index in [1.165, 1.54) is 12.8 Å². The van der Waals surface area contributed by atoms with Crippen LogP contribution in [0.4, 0.5) is 0 Å². The van der Waals surface area contributed by atoms with Crippen LogP contribution in [-0.4, -0.2) is 23.8 Å². The molecule has 0 aromatic carbocycles. The molecule has 1 aliphatic rings. The van der Waals surface area contributed by atoms with E-state index < -0.39 is 0 Å². The maximum Gasteiger partial charge on any atom is 0.0613 e. The van der Waals surface area contributed by atoms with Crippen molar-refractivity contribution in [2.24, 2.45) is 5.41 Å². The maximum atomic E-state index is 9.44. The van der Waals surface area contributed by atoms with Gasteiger partial charge in [-0.2, -0.15) is 0 Å². The molecule has 1 saturated heterocycles. The molecule has 1 atom stereocenters. The van der Waals surface area contributed by atoms with Gasteiger partial charge in [0, 0.05) is 5.54 Å². The molecule has 1 rings (SSSR count). The van der Waals surface area contributed by atoms with Gasteiger partial charge in [0.1, 0.15) is 0 Å². The molecule has 0 bridgehead atoms. The molecular weight excluding hydrogens is 162 g/mol. The molecule has 0 amide bonds. The predicted octanol–water partition coefficient (Wildman–Crippen LogP) is 1.93. The Morgan fingerprint density at radius 1 is 1.31 bits per heavy atom. The summed E-state index contributed by atoms with van der Waals surface area (Å²) in [6.07, 6.45) is 4.70. The van der Waals surface area contributed by atoms with Gasteiger partial charge >= 0.3 is 0 Å². The van der Waals surface area contributed by atoms with Gasteiger partial charge in [-0.1, -0.05) is 27.2 Å². The number of rotatable bonds is 2. The molecule has 1 fully saturated rings.